The minimum absolute atomic E-state index is 0.229. The van der Waals surface area contributed by atoms with Gasteiger partial charge in [-0.1, -0.05) is 36.1 Å². The van der Waals surface area contributed by atoms with Crippen molar-refractivity contribution in [2.24, 2.45) is 0 Å². The zero-order chi connectivity index (χ0) is 17.3. The topological polar surface area (TPSA) is 52.6 Å². The lowest BCUT2D eigenvalue weighted by Gasteiger charge is -2.14. The van der Waals surface area contributed by atoms with E-state index in [-0.39, 0.29) is 24.6 Å². The van der Waals surface area contributed by atoms with Gasteiger partial charge in [0.05, 0.1) is 6.61 Å². The summed E-state index contributed by atoms with van der Waals surface area (Å²) >= 11 is 0. The number of hydrogen-bond acceptors (Lipinski definition) is 4. The van der Waals surface area contributed by atoms with Crippen molar-refractivity contribution in [2.45, 2.75) is 39.7 Å². The third-order valence-electron chi connectivity index (χ3n) is 2.36. The fraction of sp³-hybridized carbons (Fsp3) is 0.368. The largest absolute Gasteiger partial charge is 0.466 e. The van der Waals surface area contributed by atoms with Crippen LogP contribution in [0.3, 0.4) is 0 Å². The second-order valence-electron chi connectivity index (χ2n) is 4.42. The molecule has 0 heterocycles. The Morgan fingerprint density at radius 3 is 2.35 bits per heavy atom. The van der Waals surface area contributed by atoms with Crippen molar-refractivity contribution < 1.29 is 19.1 Å². The summed E-state index contributed by atoms with van der Waals surface area (Å²) < 4.78 is 10.0. The summed E-state index contributed by atoms with van der Waals surface area (Å²) in [5.74, 6) is 10.2. The lowest BCUT2D eigenvalue weighted by molar-refractivity contribution is -0.148. The van der Waals surface area contributed by atoms with Crippen LogP contribution in [0.1, 0.15) is 33.6 Å². The minimum atomic E-state index is -0.354. The SMILES string of the molecule is CC=CC#CC#CC=CC=CCC(CCOC(C)=O)OC(C)=O. The van der Waals surface area contributed by atoms with Crippen molar-refractivity contribution in [3.63, 3.8) is 0 Å². The molecule has 0 fully saturated rings. The fourth-order valence-electron chi connectivity index (χ4n) is 1.45. The Labute approximate surface area is 138 Å². The van der Waals surface area contributed by atoms with Gasteiger partial charge in [0.1, 0.15) is 6.10 Å². The average molecular weight is 314 g/mol. The molecule has 4 nitrogen and oxygen atoms in total. The molecule has 0 spiro atoms. The zero-order valence-corrected chi connectivity index (χ0v) is 13.8. The summed E-state index contributed by atoms with van der Waals surface area (Å²) in [7, 11) is 0. The molecule has 23 heavy (non-hydrogen) atoms. The Kier molecular flexibility index (Phi) is 12.5. The molecule has 1 unspecified atom stereocenters. The van der Waals surface area contributed by atoms with E-state index in [1.165, 1.54) is 13.8 Å². The molecular weight excluding hydrogens is 292 g/mol. The second-order valence-corrected chi connectivity index (χ2v) is 4.42. The third-order valence-corrected chi connectivity index (χ3v) is 2.36. The fourth-order valence-corrected chi connectivity index (χ4v) is 1.45. The van der Waals surface area contributed by atoms with Crippen molar-refractivity contribution in [1.82, 2.24) is 0 Å². The molecule has 0 bridgehead atoms. The number of allylic oxidation sites excluding steroid dienone is 5. The van der Waals surface area contributed by atoms with Crippen LogP contribution in [0, 0.1) is 23.7 Å². The Bertz CT molecular complexity index is 574. The molecule has 122 valence electrons. The van der Waals surface area contributed by atoms with Crippen molar-refractivity contribution >= 4 is 11.9 Å². The monoisotopic (exact) mass is 314 g/mol. The highest BCUT2D eigenvalue weighted by atomic mass is 16.6. The first-order valence-electron chi connectivity index (χ1n) is 7.30. The summed E-state index contributed by atoms with van der Waals surface area (Å²) in [5, 5.41) is 0. The van der Waals surface area contributed by atoms with Crippen LogP contribution < -0.4 is 0 Å². The number of hydrogen-bond donors (Lipinski definition) is 0. The molecule has 0 N–H and O–H groups in total. The summed E-state index contributed by atoms with van der Waals surface area (Å²) in [6.07, 6.45) is 11.4. The highest BCUT2D eigenvalue weighted by Crippen LogP contribution is 2.06. The van der Waals surface area contributed by atoms with Crippen LogP contribution in [-0.4, -0.2) is 24.6 Å². The molecular formula is C19H22O4. The number of ether oxygens (including phenoxy) is 2. The Balaban J connectivity index is 4.24. The van der Waals surface area contributed by atoms with Gasteiger partial charge in [-0.15, -0.1) is 0 Å². The molecule has 0 saturated heterocycles. The van der Waals surface area contributed by atoms with Crippen LogP contribution in [0.5, 0.6) is 0 Å². The second kappa shape index (κ2) is 14.2. The first-order chi connectivity index (χ1) is 11.1. The summed E-state index contributed by atoms with van der Waals surface area (Å²) in [6, 6.07) is 0. The van der Waals surface area contributed by atoms with E-state index >= 15 is 0 Å². The van der Waals surface area contributed by atoms with Crippen LogP contribution in [0.4, 0.5) is 0 Å². The molecule has 0 aliphatic rings. The third kappa shape index (κ3) is 15.5. The van der Waals surface area contributed by atoms with Crippen LogP contribution in [0.25, 0.3) is 0 Å². The predicted octanol–water partition coefficient (Wildman–Crippen LogP) is 2.96. The van der Waals surface area contributed by atoms with Gasteiger partial charge in [0.15, 0.2) is 0 Å². The van der Waals surface area contributed by atoms with E-state index in [9.17, 15) is 9.59 Å². The maximum absolute atomic E-state index is 11.0. The van der Waals surface area contributed by atoms with E-state index in [0.717, 1.165) is 0 Å². The maximum Gasteiger partial charge on any atom is 0.302 e. The van der Waals surface area contributed by atoms with Gasteiger partial charge in [0.2, 0.25) is 0 Å². The van der Waals surface area contributed by atoms with Gasteiger partial charge in [-0.05, 0) is 30.9 Å². The highest BCUT2D eigenvalue weighted by molar-refractivity contribution is 5.66. The van der Waals surface area contributed by atoms with Gasteiger partial charge in [-0.25, -0.2) is 0 Å². The molecule has 1 atom stereocenters. The highest BCUT2D eigenvalue weighted by Gasteiger charge is 2.10. The van der Waals surface area contributed by atoms with Gasteiger partial charge >= 0.3 is 11.9 Å². The number of carbonyl (C=O) groups is 2. The van der Waals surface area contributed by atoms with E-state index in [4.69, 9.17) is 9.47 Å². The number of rotatable bonds is 7. The summed E-state index contributed by atoms with van der Waals surface area (Å²) in [5.41, 5.74) is 0. The maximum atomic E-state index is 11.0. The summed E-state index contributed by atoms with van der Waals surface area (Å²) in [6.45, 7) is 4.82. The molecule has 0 radical (unpaired) electrons. The zero-order valence-electron chi connectivity index (χ0n) is 13.8. The Morgan fingerprint density at radius 1 is 1.04 bits per heavy atom. The van der Waals surface area contributed by atoms with E-state index in [2.05, 4.69) is 23.7 Å². The molecule has 0 aromatic carbocycles. The Hall–Kier alpha value is -2.72. The molecule has 0 aliphatic carbocycles. The average Bonchev–Trinajstić information content (AvgIpc) is 2.48. The van der Waals surface area contributed by atoms with Gasteiger partial charge in [-0.2, -0.15) is 0 Å². The molecule has 0 aromatic rings. The molecule has 0 aromatic heterocycles. The van der Waals surface area contributed by atoms with E-state index in [1.54, 1.807) is 18.2 Å². The molecule has 4 heteroatoms. The number of carbonyl (C=O) groups excluding carboxylic acids is 2. The smallest absolute Gasteiger partial charge is 0.302 e. The van der Waals surface area contributed by atoms with E-state index in [1.807, 2.05) is 25.2 Å². The molecule has 0 saturated carbocycles. The van der Waals surface area contributed by atoms with Crippen molar-refractivity contribution in [2.75, 3.05) is 6.61 Å². The lowest BCUT2D eigenvalue weighted by atomic mass is 10.2. The summed E-state index contributed by atoms with van der Waals surface area (Å²) in [4.78, 5) is 21.7. The van der Waals surface area contributed by atoms with Crippen molar-refractivity contribution in [3.8, 4) is 23.7 Å². The number of esters is 2. The van der Waals surface area contributed by atoms with Crippen molar-refractivity contribution in [3.05, 3.63) is 36.5 Å². The normalized spacial score (nSPS) is 11.6. The first kappa shape index (κ1) is 20.3. The standard InChI is InChI=1S/C19H22O4/c1-4-5-6-7-8-9-10-11-12-13-14-19(23-18(3)21)15-16-22-17(2)20/h4-5,10-13,19H,14-16H2,1-3H3. The molecule has 0 rings (SSSR count). The first-order valence-corrected chi connectivity index (χ1v) is 7.30. The van der Waals surface area contributed by atoms with Crippen LogP contribution in [-0.2, 0) is 19.1 Å². The van der Waals surface area contributed by atoms with Gasteiger partial charge < -0.3 is 9.47 Å². The van der Waals surface area contributed by atoms with Crippen LogP contribution in [0.2, 0.25) is 0 Å². The lowest BCUT2D eigenvalue weighted by Crippen LogP contribution is -2.18. The van der Waals surface area contributed by atoms with Crippen LogP contribution in [0.15, 0.2) is 36.5 Å². The van der Waals surface area contributed by atoms with Gasteiger partial charge in [0, 0.05) is 26.7 Å². The van der Waals surface area contributed by atoms with Crippen LogP contribution >= 0.6 is 0 Å². The van der Waals surface area contributed by atoms with E-state index < -0.39 is 0 Å². The quantitative estimate of drug-likeness (QED) is 0.412. The van der Waals surface area contributed by atoms with E-state index in [0.29, 0.717) is 12.8 Å². The van der Waals surface area contributed by atoms with Gasteiger partial charge in [-0.3, -0.25) is 9.59 Å². The minimum Gasteiger partial charge on any atom is -0.466 e. The predicted molar refractivity (Wildman–Crippen MR) is 90.1 cm³/mol. The van der Waals surface area contributed by atoms with Gasteiger partial charge in [0.25, 0.3) is 0 Å². The Morgan fingerprint density at radius 2 is 1.74 bits per heavy atom. The molecule has 0 amide bonds. The van der Waals surface area contributed by atoms with Crippen molar-refractivity contribution in [1.29, 1.82) is 0 Å². The molecule has 0 aliphatic heterocycles.